The second-order valence-corrected chi connectivity index (χ2v) is 14.4. The van der Waals surface area contributed by atoms with E-state index in [1.54, 1.807) is 0 Å². The van der Waals surface area contributed by atoms with Gasteiger partial charge in [0, 0.05) is 6.42 Å². The van der Waals surface area contributed by atoms with Gasteiger partial charge in [0.2, 0.25) is 0 Å². The molecular formula is C36H55NO4. The smallest absolute Gasteiger partial charge is 0.407 e. The van der Waals surface area contributed by atoms with E-state index in [1.807, 2.05) is 18.2 Å². The molecule has 0 bridgehead atoms. The number of hydrogen-bond donors (Lipinski definition) is 2. The van der Waals surface area contributed by atoms with Crippen molar-refractivity contribution in [3.8, 4) is 0 Å². The van der Waals surface area contributed by atoms with Crippen molar-refractivity contribution >= 4 is 12.1 Å². The van der Waals surface area contributed by atoms with Crippen LogP contribution in [0.15, 0.2) is 42.0 Å². The van der Waals surface area contributed by atoms with Gasteiger partial charge in [0.05, 0.1) is 0 Å². The van der Waals surface area contributed by atoms with E-state index in [2.05, 4.69) is 58.1 Å². The molecule has 41 heavy (non-hydrogen) atoms. The summed E-state index contributed by atoms with van der Waals surface area (Å²) in [6.07, 6.45) is 16.9. The molecule has 4 aliphatic carbocycles. The molecule has 228 valence electrons. The highest BCUT2D eigenvalue weighted by Crippen LogP contribution is 2.66. The average Bonchev–Trinajstić information content (AvgIpc) is 3.27. The van der Waals surface area contributed by atoms with Crippen molar-refractivity contribution in [2.45, 2.75) is 118 Å². The van der Waals surface area contributed by atoms with Crippen LogP contribution >= 0.6 is 0 Å². The Hall–Kier alpha value is -2.30. The SMILES string of the molecule is CC(C)CCCC[C@H]1CCC2C3CC=C4C[C@@H](OC(=O)NCC(=O)O)CCC4(C)C3CC[C@@]21C.Cc1ccccc1. The molecule has 0 aliphatic heterocycles. The number of fused-ring (bicyclic) bond motifs is 5. The first kappa shape index (κ1) is 31.6. The third kappa shape index (κ3) is 7.56. The lowest BCUT2D eigenvalue weighted by Crippen LogP contribution is -2.50. The molecule has 0 spiro atoms. The maximum atomic E-state index is 12.0. The van der Waals surface area contributed by atoms with Gasteiger partial charge < -0.3 is 15.2 Å². The fourth-order valence-electron chi connectivity index (χ4n) is 9.13. The highest BCUT2D eigenvalue weighted by atomic mass is 16.6. The number of carbonyl (C=O) groups is 2. The monoisotopic (exact) mass is 565 g/mol. The van der Waals surface area contributed by atoms with Gasteiger partial charge in [-0.15, -0.1) is 0 Å². The van der Waals surface area contributed by atoms with Crippen molar-refractivity contribution in [3.63, 3.8) is 0 Å². The van der Waals surface area contributed by atoms with Crippen LogP contribution in [0.25, 0.3) is 0 Å². The normalized spacial score (nSPS) is 33.8. The molecule has 5 nitrogen and oxygen atoms in total. The molecule has 0 saturated heterocycles. The number of carboxylic acid groups (broad SMARTS) is 1. The fraction of sp³-hybridized carbons (Fsp3) is 0.722. The Balaban J connectivity index is 0.000000483. The molecule has 5 rings (SSSR count). The van der Waals surface area contributed by atoms with Gasteiger partial charge in [-0.1, -0.05) is 94.5 Å². The summed E-state index contributed by atoms with van der Waals surface area (Å²) in [4.78, 5) is 22.7. The van der Waals surface area contributed by atoms with Gasteiger partial charge in [-0.2, -0.15) is 0 Å². The van der Waals surface area contributed by atoms with Crippen LogP contribution < -0.4 is 5.32 Å². The second-order valence-electron chi connectivity index (χ2n) is 14.4. The van der Waals surface area contributed by atoms with Crippen LogP contribution in [0.1, 0.15) is 110 Å². The van der Waals surface area contributed by atoms with E-state index in [-0.39, 0.29) is 11.5 Å². The van der Waals surface area contributed by atoms with E-state index in [9.17, 15) is 9.59 Å². The molecule has 4 aliphatic rings. The van der Waals surface area contributed by atoms with Gasteiger partial charge in [-0.05, 0) is 98.7 Å². The lowest BCUT2D eigenvalue weighted by atomic mass is 9.47. The van der Waals surface area contributed by atoms with Crippen LogP contribution in [-0.4, -0.2) is 29.8 Å². The van der Waals surface area contributed by atoms with Gasteiger partial charge in [-0.25, -0.2) is 4.79 Å². The van der Waals surface area contributed by atoms with Crippen molar-refractivity contribution in [2.24, 2.45) is 40.4 Å². The summed E-state index contributed by atoms with van der Waals surface area (Å²) in [5, 5.41) is 11.1. The minimum Gasteiger partial charge on any atom is -0.480 e. The van der Waals surface area contributed by atoms with Crippen LogP contribution in [-0.2, 0) is 9.53 Å². The highest BCUT2D eigenvalue weighted by molar-refractivity contribution is 5.76. The quantitative estimate of drug-likeness (QED) is 0.244. The molecule has 5 heteroatoms. The largest absolute Gasteiger partial charge is 0.480 e. The number of carboxylic acids is 1. The van der Waals surface area contributed by atoms with Gasteiger partial charge in [0.25, 0.3) is 0 Å². The number of aryl methyl sites for hydroxylation is 1. The topological polar surface area (TPSA) is 75.6 Å². The van der Waals surface area contributed by atoms with Gasteiger partial charge in [-0.3, -0.25) is 4.79 Å². The second kappa shape index (κ2) is 13.8. The Labute approximate surface area is 248 Å². The Kier molecular flexibility index (Phi) is 10.6. The zero-order chi connectivity index (χ0) is 29.6. The maximum Gasteiger partial charge on any atom is 0.407 e. The van der Waals surface area contributed by atoms with Crippen LogP contribution in [0.5, 0.6) is 0 Å². The maximum absolute atomic E-state index is 12.0. The molecule has 3 saturated carbocycles. The molecule has 1 aromatic rings. The summed E-state index contributed by atoms with van der Waals surface area (Å²) in [6.45, 7) is 11.5. The van der Waals surface area contributed by atoms with Crippen molar-refractivity contribution < 1.29 is 19.4 Å². The standard InChI is InChI=1S/C29H47NO4.C7H8/c1-19(2)7-5-6-8-20-10-12-24-23-11-9-21-17-22(34-27(33)30-18-26(31)32)13-15-29(21,4)25(23)14-16-28(20,24)3;1-7-5-3-2-4-6-7/h9,19-20,22-25H,5-8,10-18H2,1-4H3,(H,30,33)(H,31,32);2-6H,1H3/t20-,22-,23?,24?,25?,28+,29?;/m0./s1. The minimum absolute atomic E-state index is 0.139. The fourth-order valence-corrected chi connectivity index (χ4v) is 9.13. The molecular weight excluding hydrogens is 510 g/mol. The van der Waals surface area contributed by atoms with Crippen LogP contribution in [0.2, 0.25) is 0 Å². The van der Waals surface area contributed by atoms with Crippen molar-refractivity contribution in [2.75, 3.05) is 6.54 Å². The number of unbranched alkanes of at least 4 members (excludes halogenated alkanes) is 1. The third-order valence-corrected chi connectivity index (χ3v) is 11.4. The van der Waals surface area contributed by atoms with Gasteiger partial charge >= 0.3 is 12.1 Å². The molecule has 1 aromatic carbocycles. The Morgan fingerprint density at radius 2 is 1.78 bits per heavy atom. The van der Waals surface area contributed by atoms with Crippen LogP contribution in [0.4, 0.5) is 4.79 Å². The summed E-state index contributed by atoms with van der Waals surface area (Å²) in [5.74, 6) is 3.12. The van der Waals surface area contributed by atoms with E-state index in [0.29, 0.717) is 5.41 Å². The summed E-state index contributed by atoms with van der Waals surface area (Å²) in [6, 6.07) is 10.3. The predicted octanol–water partition coefficient (Wildman–Crippen LogP) is 8.96. The van der Waals surface area contributed by atoms with Crippen LogP contribution in [0.3, 0.4) is 0 Å². The van der Waals surface area contributed by atoms with E-state index < -0.39 is 18.6 Å². The highest BCUT2D eigenvalue weighted by Gasteiger charge is 2.58. The molecule has 1 amide bonds. The number of allylic oxidation sites excluding steroid dienone is 1. The van der Waals surface area contributed by atoms with E-state index in [0.717, 1.165) is 48.9 Å². The minimum atomic E-state index is -1.05. The zero-order valence-electron chi connectivity index (χ0n) is 26.3. The van der Waals surface area contributed by atoms with E-state index >= 15 is 0 Å². The summed E-state index contributed by atoms with van der Waals surface area (Å²) in [7, 11) is 0. The summed E-state index contributed by atoms with van der Waals surface area (Å²) < 4.78 is 5.58. The number of amides is 1. The van der Waals surface area contributed by atoms with Crippen molar-refractivity contribution in [1.82, 2.24) is 5.32 Å². The Bertz CT molecular complexity index is 1050. The third-order valence-electron chi connectivity index (χ3n) is 11.4. The Morgan fingerprint density at radius 3 is 2.44 bits per heavy atom. The van der Waals surface area contributed by atoms with Crippen molar-refractivity contribution in [3.05, 3.63) is 47.5 Å². The molecule has 7 atom stereocenters. The van der Waals surface area contributed by atoms with Crippen LogP contribution in [0, 0.1) is 47.3 Å². The van der Waals surface area contributed by atoms with E-state index in [4.69, 9.17) is 9.84 Å². The first-order valence-electron chi connectivity index (χ1n) is 16.4. The van der Waals surface area contributed by atoms with Crippen molar-refractivity contribution in [1.29, 1.82) is 0 Å². The number of aliphatic carboxylic acids is 1. The lowest BCUT2D eigenvalue weighted by Gasteiger charge is -2.58. The number of nitrogens with one attached hydrogen (secondary N) is 1. The molecule has 4 unspecified atom stereocenters. The molecule has 0 aromatic heterocycles. The molecule has 0 heterocycles. The average molecular weight is 566 g/mol. The molecule has 2 N–H and O–H groups in total. The Morgan fingerprint density at radius 1 is 1.02 bits per heavy atom. The number of ether oxygens (including phenoxy) is 1. The van der Waals surface area contributed by atoms with Gasteiger partial charge in [0.15, 0.2) is 0 Å². The van der Waals surface area contributed by atoms with E-state index in [1.165, 1.54) is 68.9 Å². The number of hydrogen-bond acceptors (Lipinski definition) is 3. The van der Waals surface area contributed by atoms with Gasteiger partial charge in [0.1, 0.15) is 12.6 Å². The predicted molar refractivity (Wildman–Crippen MR) is 166 cm³/mol. The molecule has 0 radical (unpaired) electrons. The first-order chi connectivity index (χ1) is 19.5. The zero-order valence-corrected chi connectivity index (χ0v) is 26.3. The number of alkyl carbamates (subject to hydrolysis) is 1. The first-order valence-corrected chi connectivity index (χ1v) is 16.4. The lowest BCUT2D eigenvalue weighted by molar-refractivity contribution is -0.135. The summed E-state index contributed by atoms with van der Waals surface area (Å²) >= 11 is 0. The number of rotatable bonds is 8. The molecule has 3 fully saturated rings. The number of carbonyl (C=O) groups excluding carboxylic acids is 1. The summed E-state index contributed by atoms with van der Waals surface area (Å²) in [5.41, 5.74) is 3.57. The number of benzene rings is 1.